The normalized spacial score (nSPS) is 17.7. The van der Waals surface area contributed by atoms with Crippen molar-refractivity contribution < 1.29 is 9.53 Å². The molecule has 23 heavy (non-hydrogen) atoms. The van der Waals surface area contributed by atoms with E-state index in [0.29, 0.717) is 19.6 Å². The van der Waals surface area contributed by atoms with Gasteiger partial charge in [-0.25, -0.2) is 0 Å². The van der Waals surface area contributed by atoms with E-state index in [1.165, 1.54) is 0 Å². The molecule has 120 valence electrons. The van der Waals surface area contributed by atoms with E-state index in [-0.39, 0.29) is 12.1 Å². The Hall–Kier alpha value is -1.37. The summed E-state index contributed by atoms with van der Waals surface area (Å²) >= 11 is 7.12. The molecule has 1 amide bonds. The lowest BCUT2D eigenvalue weighted by molar-refractivity contribution is -0.123. The van der Waals surface area contributed by atoms with E-state index in [9.17, 15) is 4.79 Å². The van der Waals surface area contributed by atoms with Gasteiger partial charge in [-0.1, -0.05) is 30.3 Å². The zero-order valence-corrected chi connectivity index (χ0v) is 15.5. The molecular formula is C17H16Br2N2O2. The Morgan fingerprint density at radius 1 is 1.13 bits per heavy atom. The zero-order valence-electron chi connectivity index (χ0n) is 12.3. The van der Waals surface area contributed by atoms with Gasteiger partial charge in [0.05, 0.1) is 8.95 Å². The molecule has 1 saturated heterocycles. The van der Waals surface area contributed by atoms with Crippen molar-refractivity contribution in [2.75, 3.05) is 6.54 Å². The molecule has 0 unspecified atom stereocenters. The van der Waals surface area contributed by atoms with E-state index in [0.717, 1.165) is 25.8 Å². The third kappa shape index (κ3) is 4.13. The molecule has 0 aliphatic carbocycles. The molecule has 2 N–H and O–H groups in total. The maximum atomic E-state index is 11.5. The summed E-state index contributed by atoms with van der Waals surface area (Å²) in [6.07, 6.45) is 0.337. The number of rotatable bonds is 4. The molecule has 0 spiro atoms. The van der Waals surface area contributed by atoms with Crippen LogP contribution in [0.15, 0.2) is 51.4 Å². The fourth-order valence-corrected chi connectivity index (χ4v) is 3.88. The van der Waals surface area contributed by atoms with Crippen molar-refractivity contribution in [1.29, 1.82) is 0 Å². The highest BCUT2D eigenvalue weighted by molar-refractivity contribution is 9.11. The van der Waals surface area contributed by atoms with Crippen LogP contribution in [-0.2, 0) is 11.4 Å². The highest BCUT2D eigenvalue weighted by Crippen LogP contribution is 2.36. The average molecular weight is 440 g/mol. The number of amides is 1. The molecule has 4 nitrogen and oxygen atoms in total. The molecule has 0 radical (unpaired) electrons. The maximum Gasteiger partial charge on any atom is 0.222 e. The van der Waals surface area contributed by atoms with Gasteiger partial charge in [-0.3, -0.25) is 10.1 Å². The van der Waals surface area contributed by atoms with E-state index >= 15 is 0 Å². The van der Waals surface area contributed by atoms with Crippen LogP contribution in [0.25, 0.3) is 0 Å². The van der Waals surface area contributed by atoms with Gasteiger partial charge in [0.2, 0.25) is 5.91 Å². The van der Waals surface area contributed by atoms with Crippen LogP contribution in [0.2, 0.25) is 0 Å². The SMILES string of the molecule is O=C1CCN[C@@H](c2cc(Br)c(OCc3ccccc3)c(Br)c2)N1. The van der Waals surface area contributed by atoms with Gasteiger partial charge in [0.1, 0.15) is 18.5 Å². The third-order valence-electron chi connectivity index (χ3n) is 3.59. The van der Waals surface area contributed by atoms with Gasteiger partial charge in [-0.2, -0.15) is 0 Å². The Kier molecular flexibility index (Phi) is 5.35. The van der Waals surface area contributed by atoms with Gasteiger partial charge < -0.3 is 10.1 Å². The van der Waals surface area contributed by atoms with Crippen molar-refractivity contribution in [1.82, 2.24) is 10.6 Å². The molecule has 0 bridgehead atoms. The van der Waals surface area contributed by atoms with Crippen LogP contribution in [0.3, 0.4) is 0 Å². The largest absolute Gasteiger partial charge is 0.487 e. The number of hydrogen-bond donors (Lipinski definition) is 2. The first kappa shape index (κ1) is 16.5. The Morgan fingerprint density at radius 3 is 2.48 bits per heavy atom. The number of carbonyl (C=O) groups excluding carboxylic acids is 1. The number of halogens is 2. The first-order chi connectivity index (χ1) is 11.1. The third-order valence-corrected chi connectivity index (χ3v) is 4.76. The van der Waals surface area contributed by atoms with Gasteiger partial charge in [-0.15, -0.1) is 0 Å². The van der Waals surface area contributed by atoms with Gasteiger partial charge in [0, 0.05) is 13.0 Å². The van der Waals surface area contributed by atoms with Crippen LogP contribution in [0.4, 0.5) is 0 Å². The smallest absolute Gasteiger partial charge is 0.222 e. The molecule has 1 heterocycles. The molecule has 1 aliphatic heterocycles. The second-order valence-corrected chi connectivity index (χ2v) is 7.00. The van der Waals surface area contributed by atoms with E-state index < -0.39 is 0 Å². The van der Waals surface area contributed by atoms with Crippen LogP contribution in [0, 0.1) is 0 Å². The summed E-state index contributed by atoms with van der Waals surface area (Å²) in [6.45, 7) is 1.17. The second kappa shape index (κ2) is 7.47. The van der Waals surface area contributed by atoms with Crippen molar-refractivity contribution >= 4 is 37.8 Å². The molecule has 0 saturated carbocycles. The summed E-state index contributed by atoms with van der Waals surface area (Å²) in [7, 11) is 0. The van der Waals surface area contributed by atoms with Crippen molar-refractivity contribution in [2.45, 2.75) is 19.2 Å². The predicted octanol–water partition coefficient (Wildman–Crippen LogP) is 3.90. The van der Waals surface area contributed by atoms with E-state index in [4.69, 9.17) is 4.74 Å². The minimum atomic E-state index is -0.174. The summed E-state index contributed by atoms with van der Waals surface area (Å²) in [5.41, 5.74) is 2.08. The maximum absolute atomic E-state index is 11.5. The monoisotopic (exact) mass is 438 g/mol. The summed E-state index contributed by atoms with van der Waals surface area (Å²) in [5, 5.41) is 6.21. The van der Waals surface area contributed by atoms with Crippen molar-refractivity contribution in [2.24, 2.45) is 0 Å². The summed E-state index contributed by atoms with van der Waals surface area (Å²) < 4.78 is 7.61. The molecule has 1 aliphatic rings. The van der Waals surface area contributed by atoms with Crippen LogP contribution in [0.5, 0.6) is 5.75 Å². The van der Waals surface area contributed by atoms with Gasteiger partial charge in [0.25, 0.3) is 0 Å². The lowest BCUT2D eigenvalue weighted by Crippen LogP contribution is -2.44. The zero-order chi connectivity index (χ0) is 16.2. The van der Waals surface area contributed by atoms with Gasteiger partial charge in [-0.05, 0) is 55.1 Å². The van der Waals surface area contributed by atoms with Crippen molar-refractivity contribution in [3.05, 3.63) is 62.5 Å². The van der Waals surface area contributed by atoms with Gasteiger partial charge >= 0.3 is 0 Å². The standard InChI is InChI=1S/C17H16Br2N2O2/c18-13-8-12(17-20-7-6-15(22)21-17)9-14(19)16(13)23-10-11-4-2-1-3-5-11/h1-5,8-9,17,20H,6-7,10H2,(H,21,22)/t17-/m1/s1. The fourth-order valence-electron chi connectivity index (χ4n) is 2.43. The van der Waals surface area contributed by atoms with E-state index in [1.54, 1.807) is 0 Å². The molecular weight excluding hydrogens is 424 g/mol. The van der Waals surface area contributed by atoms with Crippen LogP contribution in [0.1, 0.15) is 23.7 Å². The first-order valence-corrected chi connectivity index (χ1v) is 8.90. The fraction of sp³-hybridized carbons (Fsp3) is 0.235. The number of carbonyl (C=O) groups is 1. The number of nitrogens with one attached hydrogen (secondary N) is 2. The molecule has 1 fully saturated rings. The minimum absolute atomic E-state index is 0.0606. The van der Waals surface area contributed by atoms with E-state index in [2.05, 4.69) is 42.5 Å². The lowest BCUT2D eigenvalue weighted by atomic mass is 10.1. The Morgan fingerprint density at radius 2 is 1.83 bits per heavy atom. The minimum Gasteiger partial charge on any atom is -0.487 e. The molecule has 6 heteroatoms. The number of hydrogen-bond acceptors (Lipinski definition) is 3. The van der Waals surface area contributed by atoms with Crippen LogP contribution < -0.4 is 15.4 Å². The average Bonchev–Trinajstić information content (AvgIpc) is 2.55. The summed E-state index contributed by atoms with van der Waals surface area (Å²) in [4.78, 5) is 11.5. The van der Waals surface area contributed by atoms with Crippen molar-refractivity contribution in [3.63, 3.8) is 0 Å². The summed E-state index contributed by atoms with van der Waals surface area (Å²) in [6, 6.07) is 13.9. The highest BCUT2D eigenvalue weighted by Gasteiger charge is 2.21. The summed E-state index contributed by atoms with van der Waals surface area (Å²) in [5.74, 6) is 0.810. The predicted molar refractivity (Wildman–Crippen MR) is 96.1 cm³/mol. The van der Waals surface area contributed by atoms with Gasteiger partial charge in [0.15, 0.2) is 0 Å². The second-order valence-electron chi connectivity index (χ2n) is 5.29. The number of benzene rings is 2. The van der Waals surface area contributed by atoms with E-state index in [1.807, 2.05) is 42.5 Å². The highest BCUT2D eigenvalue weighted by atomic mass is 79.9. The first-order valence-electron chi connectivity index (χ1n) is 7.32. The Bertz CT molecular complexity index is 684. The molecule has 3 rings (SSSR count). The quantitative estimate of drug-likeness (QED) is 0.759. The van der Waals surface area contributed by atoms with Crippen molar-refractivity contribution in [3.8, 4) is 5.75 Å². The van der Waals surface area contributed by atoms with Crippen LogP contribution >= 0.6 is 31.9 Å². The molecule has 2 aromatic rings. The Balaban J connectivity index is 1.76. The molecule has 2 aromatic carbocycles. The lowest BCUT2D eigenvalue weighted by Gasteiger charge is -2.26. The molecule has 0 aromatic heterocycles. The molecule has 1 atom stereocenters. The Labute approximate surface area is 151 Å². The topological polar surface area (TPSA) is 50.4 Å². The number of ether oxygens (including phenoxy) is 1. The van der Waals surface area contributed by atoms with Crippen LogP contribution in [-0.4, -0.2) is 12.5 Å².